The Hall–Kier alpha value is -0.280. The molecule has 1 aliphatic carbocycles. The van der Waals surface area contributed by atoms with Crippen LogP contribution in [0.5, 0.6) is 0 Å². The van der Waals surface area contributed by atoms with Gasteiger partial charge in [-0.25, -0.2) is 0 Å². The van der Waals surface area contributed by atoms with Crippen molar-refractivity contribution in [3.63, 3.8) is 0 Å². The standard InChI is InChI=1S/C13H24N2O.ClH/c1-2-6-13(7-8-13)10-15-12(16)11-5-3-4-9-14-11;/h11,14H,2-10H2,1H3,(H,15,16);1H/t11-;/m1./s1. The summed E-state index contributed by atoms with van der Waals surface area (Å²) in [7, 11) is 0. The van der Waals surface area contributed by atoms with Gasteiger partial charge in [-0.15, -0.1) is 12.4 Å². The van der Waals surface area contributed by atoms with Gasteiger partial charge >= 0.3 is 0 Å². The minimum Gasteiger partial charge on any atom is -0.354 e. The molecular formula is C13H25ClN2O. The number of rotatable bonds is 5. The van der Waals surface area contributed by atoms with E-state index in [-0.39, 0.29) is 24.4 Å². The summed E-state index contributed by atoms with van der Waals surface area (Å²) in [5.41, 5.74) is 0.471. The molecule has 2 fully saturated rings. The van der Waals surface area contributed by atoms with Crippen LogP contribution in [0.1, 0.15) is 51.9 Å². The predicted octanol–water partition coefficient (Wildman–Crippen LogP) is 2.25. The molecule has 2 N–H and O–H groups in total. The van der Waals surface area contributed by atoms with E-state index in [1.165, 1.54) is 38.5 Å². The van der Waals surface area contributed by atoms with Gasteiger partial charge in [0, 0.05) is 6.54 Å². The van der Waals surface area contributed by atoms with Gasteiger partial charge in [-0.1, -0.05) is 19.8 Å². The maximum absolute atomic E-state index is 11.9. The first-order valence-corrected chi connectivity index (χ1v) is 6.77. The van der Waals surface area contributed by atoms with Gasteiger partial charge in [0.25, 0.3) is 0 Å². The molecule has 1 amide bonds. The number of nitrogens with one attached hydrogen (secondary N) is 2. The maximum Gasteiger partial charge on any atom is 0.237 e. The highest BCUT2D eigenvalue weighted by molar-refractivity contribution is 5.85. The molecule has 1 atom stereocenters. The van der Waals surface area contributed by atoms with Gasteiger partial charge in [-0.05, 0) is 44.1 Å². The number of hydrogen-bond acceptors (Lipinski definition) is 2. The molecule has 0 radical (unpaired) electrons. The minimum absolute atomic E-state index is 0. The maximum atomic E-state index is 11.9. The summed E-state index contributed by atoms with van der Waals surface area (Å²) >= 11 is 0. The molecule has 0 spiro atoms. The average Bonchev–Trinajstić information content (AvgIpc) is 3.08. The first-order valence-electron chi connectivity index (χ1n) is 6.77. The summed E-state index contributed by atoms with van der Waals surface area (Å²) in [5.74, 6) is 0.224. The number of piperidine rings is 1. The third kappa shape index (κ3) is 4.14. The van der Waals surface area contributed by atoms with E-state index in [1.54, 1.807) is 0 Å². The Bertz CT molecular complexity index is 248. The van der Waals surface area contributed by atoms with E-state index in [2.05, 4.69) is 17.6 Å². The third-order valence-corrected chi connectivity index (χ3v) is 4.00. The highest BCUT2D eigenvalue weighted by Crippen LogP contribution is 2.48. The lowest BCUT2D eigenvalue weighted by Crippen LogP contribution is -2.47. The number of carbonyl (C=O) groups excluding carboxylic acids is 1. The van der Waals surface area contributed by atoms with E-state index in [9.17, 15) is 4.79 Å². The number of hydrogen-bond donors (Lipinski definition) is 2. The smallest absolute Gasteiger partial charge is 0.237 e. The van der Waals surface area contributed by atoms with Crippen LogP contribution in [0.25, 0.3) is 0 Å². The summed E-state index contributed by atoms with van der Waals surface area (Å²) in [4.78, 5) is 11.9. The van der Waals surface area contributed by atoms with Crippen LogP contribution in [0.4, 0.5) is 0 Å². The lowest BCUT2D eigenvalue weighted by molar-refractivity contribution is -0.123. The molecule has 2 rings (SSSR count). The highest BCUT2D eigenvalue weighted by atomic mass is 35.5. The van der Waals surface area contributed by atoms with Crippen molar-refractivity contribution in [2.24, 2.45) is 5.41 Å². The van der Waals surface area contributed by atoms with Crippen LogP contribution in [0.2, 0.25) is 0 Å². The quantitative estimate of drug-likeness (QED) is 0.796. The second-order valence-corrected chi connectivity index (χ2v) is 5.47. The lowest BCUT2D eigenvalue weighted by atomic mass is 10.00. The molecule has 0 bridgehead atoms. The van der Waals surface area contributed by atoms with Gasteiger partial charge in [0.1, 0.15) is 0 Å². The SMILES string of the molecule is CCCC1(CNC(=O)[C@H]2CCCCN2)CC1.Cl. The van der Waals surface area contributed by atoms with Gasteiger partial charge in [-0.3, -0.25) is 4.79 Å². The van der Waals surface area contributed by atoms with Crippen LogP contribution in [0.3, 0.4) is 0 Å². The molecule has 0 aromatic rings. The zero-order chi connectivity index (χ0) is 11.4. The molecule has 1 heterocycles. The van der Waals surface area contributed by atoms with Crippen LogP contribution in [-0.4, -0.2) is 25.0 Å². The van der Waals surface area contributed by atoms with Crippen molar-refractivity contribution >= 4 is 18.3 Å². The van der Waals surface area contributed by atoms with Crippen molar-refractivity contribution < 1.29 is 4.79 Å². The van der Waals surface area contributed by atoms with Crippen LogP contribution in [0.15, 0.2) is 0 Å². The Morgan fingerprint density at radius 3 is 2.71 bits per heavy atom. The molecule has 0 aromatic carbocycles. The van der Waals surface area contributed by atoms with Gasteiger partial charge in [0.2, 0.25) is 5.91 Å². The molecule has 2 aliphatic rings. The van der Waals surface area contributed by atoms with Gasteiger partial charge in [0.05, 0.1) is 6.04 Å². The monoisotopic (exact) mass is 260 g/mol. The minimum atomic E-state index is 0. The third-order valence-electron chi connectivity index (χ3n) is 4.00. The predicted molar refractivity (Wildman–Crippen MR) is 72.5 cm³/mol. The second kappa shape index (κ2) is 6.60. The summed E-state index contributed by atoms with van der Waals surface area (Å²) in [6.45, 7) is 4.13. The number of amides is 1. The number of halogens is 1. The normalized spacial score (nSPS) is 25.8. The van der Waals surface area contributed by atoms with Gasteiger partial charge < -0.3 is 10.6 Å². The van der Waals surface area contributed by atoms with Crippen molar-refractivity contribution in [2.75, 3.05) is 13.1 Å². The summed E-state index contributed by atoms with van der Waals surface area (Å²) in [6, 6.07) is 0.0752. The van der Waals surface area contributed by atoms with Crippen molar-refractivity contribution in [1.29, 1.82) is 0 Å². The topological polar surface area (TPSA) is 41.1 Å². The first-order chi connectivity index (χ1) is 7.76. The van der Waals surface area contributed by atoms with Crippen molar-refractivity contribution in [2.45, 2.75) is 57.9 Å². The van der Waals surface area contributed by atoms with Gasteiger partial charge in [-0.2, -0.15) is 0 Å². The van der Waals surface area contributed by atoms with Crippen LogP contribution >= 0.6 is 12.4 Å². The first kappa shape index (κ1) is 14.8. The summed E-state index contributed by atoms with van der Waals surface area (Å²) < 4.78 is 0. The molecule has 17 heavy (non-hydrogen) atoms. The number of carbonyl (C=O) groups is 1. The summed E-state index contributed by atoms with van der Waals surface area (Å²) in [5, 5.41) is 6.43. The van der Waals surface area contributed by atoms with Gasteiger partial charge in [0.15, 0.2) is 0 Å². The molecule has 3 nitrogen and oxygen atoms in total. The van der Waals surface area contributed by atoms with E-state index in [4.69, 9.17) is 0 Å². The van der Waals surface area contributed by atoms with Crippen LogP contribution < -0.4 is 10.6 Å². The fraction of sp³-hybridized carbons (Fsp3) is 0.923. The Kier molecular flexibility index (Phi) is 5.74. The van der Waals surface area contributed by atoms with Crippen molar-refractivity contribution in [3.05, 3.63) is 0 Å². The molecule has 1 aliphatic heterocycles. The fourth-order valence-electron chi connectivity index (χ4n) is 2.70. The fourth-order valence-corrected chi connectivity index (χ4v) is 2.70. The average molecular weight is 261 g/mol. The van der Waals surface area contributed by atoms with E-state index < -0.39 is 0 Å². The molecule has 4 heteroatoms. The zero-order valence-electron chi connectivity index (χ0n) is 10.8. The lowest BCUT2D eigenvalue weighted by Gasteiger charge is -2.24. The second-order valence-electron chi connectivity index (χ2n) is 5.47. The van der Waals surface area contributed by atoms with E-state index >= 15 is 0 Å². The van der Waals surface area contributed by atoms with Crippen LogP contribution in [0, 0.1) is 5.41 Å². The zero-order valence-corrected chi connectivity index (χ0v) is 11.6. The molecular weight excluding hydrogens is 236 g/mol. The summed E-state index contributed by atoms with van der Waals surface area (Å²) in [6.07, 6.45) is 8.52. The van der Waals surface area contributed by atoms with E-state index in [0.29, 0.717) is 5.41 Å². The molecule has 1 saturated heterocycles. The Morgan fingerprint density at radius 2 is 2.18 bits per heavy atom. The highest BCUT2D eigenvalue weighted by Gasteiger charge is 2.41. The van der Waals surface area contributed by atoms with Crippen LogP contribution in [-0.2, 0) is 4.79 Å². The largest absolute Gasteiger partial charge is 0.354 e. The van der Waals surface area contributed by atoms with Crippen molar-refractivity contribution in [1.82, 2.24) is 10.6 Å². The van der Waals surface area contributed by atoms with E-state index in [0.717, 1.165) is 19.5 Å². The molecule has 100 valence electrons. The molecule has 1 saturated carbocycles. The van der Waals surface area contributed by atoms with E-state index in [1.807, 2.05) is 0 Å². The Morgan fingerprint density at radius 1 is 1.41 bits per heavy atom. The molecule has 0 aromatic heterocycles. The Labute approximate surface area is 111 Å². The van der Waals surface area contributed by atoms with Crippen molar-refractivity contribution in [3.8, 4) is 0 Å². The molecule has 0 unspecified atom stereocenters. The Balaban J connectivity index is 0.00000144.